The molecule has 0 saturated heterocycles. The van der Waals surface area contributed by atoms with E-state index in [2.05, 4.69) is 13.8 Å². The molecule has 0 aromatic rings. The second-order valence-electron chi connectivity index (χ2n) is 3.77. The summed E-state index contributed by atoms with van der Waals surface area (Å²) < 4.78 is 5.42. The van der Waals surface area contributed by atoms with E-state index in [4.69, 9.17) is 4.74 Å². The summed E-state index contributed by atoms with van der Waals surface area (Å²) in [6, 6.07) is 0. The van der Waals surface area contributed by atoms with E-state index in [-0.39, 0.29) is 6.10 Å². The number of ether oxygens (including phenoxy) is 1. The van der Waals surface area contributed by atoms with Gasteiger partial charge in [-0.1, -0.05) is 13.8 Å². The van der Waals surface area contributed by atoms with Crippen molar-refractivity contribution >= 4 is 0 Å². The molecule has 1 N–H and O–H groups in total. The number of rotatable bonds is 4. The molecule has 0 spiro atoms. The SMILES string of the molecule is CCO[C@H](C(C)C)C(C)(C)O. The van der Waals surface area contributed by atoms with Crippen molar-refractivity contribution in [2.45, 2.75) is 46.3 Å². The molecule has 0 aliphatic carbocycles. The van der Waals surface area contributed by atoms with Gasteiger partial charge in [-0.25, -0.2) is 0 Å². The van der Waals surface area contributed by atoms with Gasteiger partial charge in [0.1, 0.15) is 0 Å². The van der Waals surface area contributed by atoms with Gasteiger partial charge in [-0.2, -0.15) is 0 Å². The van der Waals surface area contributed by atoms with Crippen molar-refractivity contribution in [1.29, 1.82) is 0 Å². The van der Waals surface area contributed by atoms with E-state index in [1.165, 1.54) is 0 Å². The zero-order valence-electron chi connectivity index (χ0n) is 8.22. The molecule has 0 fully saturated rings. The minimum atomic E-state index is -0.732. The second kappa shape index (κ2) is 4.07. The molecule has 0 aliphatic heterocycles. The lowest BCUT2D eigenvalue weighted by Crippen LogP contribution is -2.41. The Balaban J connectivity index is 4.10. The van der Waals surface area contributed by atoms with Crippen molar-refractivity contribution in [3.8, 4) is 0 Å². The lowest BCUT2D eigenvalue weighted by molar-refractivity contribution is -0.105. The smallest absolute Gasteiger partial charge is 0.0879 e. The van der Waals surface area contributed by atoms with Crippen LogP contribution in [0.5, 0.6) is 0 Å². The maximum absolute atomic E-state index is 9.65. The summed E-state index contributed by atoms with van der Waals surface area (Å²) in [5.41, 5.74) is -0.732. The standard InChI is InChI=1S/C9H20O2/c1-6-11-8(7(2)3)9(4,5)10/h7-8,10H,6H2,1-5H3/t8-/m1/s1. The summed E-state index contributed by atoms with van der Waals surface area (Å²) in [4.78, 5) is 0. The molecule has 2 nitrogen and oxygen atoms in total. The van der Waals surface area contributed by atoms with Crippen LogP contribution in [0.1, 0.15) is 34.6 Å². The Morgan fingerprint density at radius 1 is 1.36 bits per heavy atom. The van der Waals surface area contributed by atoms with E-state index in [1.807, 2.05) is 6.92 Å². The highest BCUT2D eigenvalue weighted by Crippen LogP contribution is 2.19. The van der Waals surface area contributed by atoms with Gasteiger partial charge in [-0.3, -0.25) is 0 Å². The highest BCUT2D eigenvalue weighted by Gasteiger charge is 2.29. The third-order valence-electron chi connectivity index (χ3n) is 1.65. The van der Waals surface area contributed by atoms with Crippen LogP contribution in [-0.4, -0.2) is 23.4 Å². The van der Waals surface area contributed by atoms with Crippen molar-refractivity contribution in [1.82, 2.24) is 0 Å². The summed E-state index contributed by atoms with van der Waals surface area (Å²) in [6.07, 6.45) is -0.0625. The van der Waals surface area contributed by atoms with Crippen molar-refractivity contribution in [2.24, 2.45) is 5.92 Å². The molecule has 0 aromatic carbocycles. The fourth-order valence-electron chi connectivity index (χ4n) is 1.39. The highest BCUT2D eigenvalue weighted by atomic mass is 16.5. The number of aliphatic hydroxyl groups is 1. The van der Waals surface area contributed by atoms with Crippen LogP contribution in [0.15, 0.2) is 0 Å². The van der Waals surface area contributed by atoms with E-state index < -0.39 is 5.60 Å². The minimum absolute atomic E-state index is 0.0625. The number of hydrogen-bond donors (Lipinski definition) is 1. The number of hydrogen-bond acceptors (Lipinski definition) is 2. The van der Waals surface area contributed by atoms with Gasteiger partial charge in [0.15, 0.2) is 0 Å². The topological polar surface area (TPSA) is 29.5 Å². The molecule has 0 rings (SSSR count). The van der Waals surface area contributed by atoms with Crippen LogP contribution in [0.25, 0.3) is 0 Å². The normalized spacial score (nSPS) is 15.5. The van der Waals surface area contributed by atoms with Gasteiger partial charge in [0.05, 0.1) is 11.7 Å². The maximum atomic E-state index is 9.65. The monoisotopic (exact) mass is 160 g/mol. The summed E-state index contributed by atoms with van der Waals surface area (Å²) in [6.45, 7) is 10.3. The van der Waals surface area contributed by atoms with Crippen molar-refractivity contribution in [3.05, 3.63) is 0 Å². The van der Waals surface area contributed by atoms with Crippen LogP contribution in [0.2, 0.25) is 0 Å². The molecular weight excluding hydrogens is 140 g/mol. The molecule has 0 aromatic heterocycles. The third-order valence-corrected chi connectivity index (χ3v) is 1.65. The quantitative estimate of drug-likeness (QED) is 0.679. The van der Waals surface area contributed by atoms with Crippen LogP contribution >= 0.6 is 0 Å². The first-order valence-electron chi connectivity index (χ1n) is 4.23. The summed E-state index contributed by atoms with van der Waals surface area (Å²) in [5.74, 6) is 0.356. The Bertz CT molecular complexity index is 103. The van der Waals surface area contributed by atoms with E-state index in [0.717, 1.165) is 0 Å². The molecule has 1 atom stereocenters. The zero-order chi connectivity index (χ0) is 9.07. The van der Waals surface area contributed by atoms with E-state index in [1.54, 1.807) is 13.8 Å². The molecule has 0 amide bonds. The van der Waals surface area contributed by atoms with Crippen LogP contribution in [-0.2, 0) is 4.74 Å². The van der Waals surface area contributed by atoms with E-state index in [9.17, 15) is 5.11 Å². The largest absolute Gasteiger partial charge is 0.388 e. The predicted molar refractivity (Wildman–Crippen MR) is 46.5 cm³/mol. The maximum Gasteiger partial charge on any atom is 0.0879 e. The van der Waals surface area contributed by atoms with Gasteiger partial charge >= 0.3 is 0 Å². The fourth-order valence-corrected chi connectivity index (χ4v) is 1.39. The van der Waals surface area contributed by atoms with Gasteiger partial charge in [0, 0.05) is 6.61 Å². The van der Waals surface area contributed by atoms with Crippen LogP contribution in [0, 0.1) is 5.92 Å². The summed E-state index contributed by atoms with van der Waals surface area (Å²) >= 11 is 0. The van der Waals surface area contributed by atoms with Crippen LogP contribution in [0.3, 0.4) is 0 Å². The fraction of sp³-hybridized carbons (Fsp3) is 1.00. The molecule has 68 valence electrons. The summed E-state index contributed by atoms with van der Waals surface area (Å²) in [5, 5.41) is 9.65. The first-order chi connectivity index (χ1) is 4.89. The van der Waals surface area contributed by atoms with Crippen LogP contribution < -0.4 is 0 Å². The molecule has 0 aliphatic rings. The molecule has 0 heterocycles. The zero-order valence-corrected chi connectivity index (χ0v) is 8.22. The molecular formula is C9H20O2. The molecule has 0 saturated carbocycles. The molecule has 0 radical (unpaired) electrons. The van der Waals surface area contributed by atoms with E-state index in [0.29, 0.717) is 12.5 Å². The molecule has 2 heteroatoms. The van der Waals surface area contributed by atoms with Gasteiger partial charge in [-0.15, -0.1) is 0 Å². The minimum Gasteiger partial charge on any atom is -0.388 e. The van der Waals surface area contributed by atoms with Gasteiger partial charge in [0.2, 0.25) is 0 Å². The van der Waals surface area contributed by atoms with Gasteiger partial charge < -0.3 is 9.84 Å². The Hall–Kier alpha value is -0.0800. The first kappa shape index (κ1) is 10.9. The van der Waals surface area contributed by atoms with Crippen LogP contribution in [0.4, 0.5) is 0 Å². The van der Waals surface area contributed by atoms with Gasteiger partial charge in [0.25, 0.3) is 0 Å². The molecule has 0 unspecified atom stereocenters. The Labute approximate surface area is 69.6 Å². The Morgan fingerprint density at radius 2 is 1.82 bits per heavy atom. The van der Waals surface area contributed by atoms with Crippen molar-refractivity contribution in [2.75, 3.05) is 6.61 Å². The first-order valence-corrected chi connectivity index (χ1v) is 4.23. The Morgan fingerprint density at radius 3 is 1.91 bits per heavy atom. The average Bonchev–Trinajstić information content (AvgIpc) is 1.79. The van der Waals surface area contributed by atoms with Gasteiger partial charge in [-0.05, 0) is 26.7 Å². The van der Waals surface area contributed by atoms with Crippen molar-refractivity contribution < 1.29 is 9.84 Å². The van der Waals surface area contributed by atoms with E-state index >= 15 is 0 Å². The highest BCUT2D eigenvalue weighted by molar-refractivity contribution is 4.80. The molecule has 11 heavy (non-hydrogen) atoms. The lowest BCUT2D eigenvalue weighted by Gasteiger charge is -2.32. The Kier molecular flexibility index (Phi) is 4.04. The third kappa shape index (κ3) is 3.73. The second-order valence-corrected chi connectivity index (χ2v) is 3.77. The summed E-state index contributed by atoms with van der Waals surface area (Å²) in [7, 11) is 0. The average molecular weight is 160 g/mol. The lowest BCUT2D eigenvalue weighted by atomic mass is 9.92. The predicted octanol–water partition coefficient (Wildman–Crippen LogP) is 1.82. The van der Waals surface area contributed by atoms with Crippen molar-refractivity contribution in [3.63, 3.8) is 0 Å². The molecule has 0 bridgehead atoms.